The first-order chi connectivity index (χ1) is 28.6. The van der Waals surface area contributed by atoms with Gasteiger partial charge in [0.25, 0.3) is 0 Å². The Bertz CT molecular complexity index is 1860. The molecule has 58 heavy (non-hydrogen) atoms. The molecule has 308 valence electrons. The minimum absolute atomic E-state index is 0.186. The first-order valence-electron chi connectivity index (χ1n) is 21.3. The molecule has 0 aliphatic heterocycles. The Balaban J connectivity index is 0.774. The molecule has 9 heteroatoms. The number of hydrogen-bond donors (Lipinski definition) is 3. The van der Waals surface area contributed by atoms with E-state index in [1.165, 1.54) is 30.4 Å². The summed E-state index contributed by atoms with van der Waals surface area (Å²) in [5.41, 5.74) is 3.56. The molecule has 0 saturated carbocycles. The fourth-order valence-electron chi connectivity index (χ4n) is 7.35. The number of hydrogen-bond acceptors (Lipinski definition) is 6. The summed E-state index contributed by atoms with van der Waals surface area (Å²) < 4.78 is 16.3. The summed E-state index contributed by atoms with van der Waals surface area (Å²) in [6, 6.07) is 39.4. The minimum atomic E-state index is -0.460. The Morgan fingerprint density at radius 1 is 0.431 bits per heavy atom. The lowest BCUT2D eigenvalue weighted by atomic mass is 9.88. The van der Waals surface area contributed by atoms with Gasteiger partial charge in [-0.25, -0.2) is 14.4 Å². The molecule has 0 radical (unpaired) electrons. The molecule has 0 atom stereocenters. The van der Waals surface area contributed by atoms with E-state index in [0.29, 0.717) is 45.7 Å². The van der Waals surface area contributed by atoms with Crippen molar-refractivity contribution in [2.75, 3.05) is 32.8 Å². The largest absolute Gasteiger partial charge is 0.450 e. The fourth-order valence-corrected chi connectivity index (χ4v) is 7.35. The van der Waals surface area contributed by atoms with Crippen molar-refractivity contribution in [2.45, 2.75) is 96.0 Å². The van der Waals surface area contributed by atoms with Gasteiger partial charge in [0.1, 0.15) is 6.61 Å². The van der Waals surface area contributed by atoms with Crippen LogP contribution in [-0.2, 0) is 20.8 Å². The number of alkyl carbamates (subject to hydrolysis) is 3. The van der Waals surface area contributed by atoms with Gasteiger partial charge in [-0.05, 0) is 77.3 Å². The Morgan fingerprint density at radius 3 is 1.33 bits per heavy atom. The van der Waals surface area contributed by atoms with Gasteiger partial charge in [0.05, 0.1) is 13.2 Å². The van der Waals surface area contributed by atoms with Gasteiger partial charge in [-0.1, -0.05) is 154 Å². The average Bonchev–Trinajstić information content (AvgIpc) is 3.25. The SMILES string of the molecule is O=C(NCCCCCCCCCCCNC(=O)OCCCC(c1ccccc1)c1ccccc1)OCCCCNC(=O)OCc1c2ccccc2cc2ccccc12. The molecule has 0 heterocycles. The lowest BCUT2D eigenvalue weighted by Gasteiger charge is -2.18. The number of amides is 3. The molecule has 0 unspecified atom stereocenters. The normalized spacial score (nSPS) is 11.1. The molecule has 0 saturated heterocycles. The third-order valence-corrected chi connectivity index (χ3v) is 10.5. The van der Waals surface area contributed by atoms with Gasteiger partial charge >= 0.3 is 18.3 Å². The number of unbranched alkanes of at least 4 members (excludes halogenated alkanes) is 9. The topological polar surface area (TPSA) is 115 Å². The lowest BCUT2D eigenvalue weighted by Crippen LogP contribution is -2.27. The first-order valence-corrected chi connectivity index (χ1v) is 21.3. The van der Waals surface area contributed by atoms with Gasteiger partial charge in [-0.15, -0.1) is 0 Å². The van der Waals surface area contributed by atoms with Gasteiger partial charge in [0.15, 0.2) is 0 Å². The standard InChI is InChI=1S/C49H61N3O6/c53-47(56-35-21-20-34-52-49(55)58-38-46-44-29-16-14-27-41(44)37-42-28-15-17-30-45(42)46)50-32-18-6-4-2-1-3-5-7-19-33-51-48(54)57-36-22-31-43(39-23-10-8-11-24-39)40-25-12-9-13-26-40/h8-17,23-30,37,43H,1-7,18-22,31-36,38H2,(H,50,53)(H,51,54)(H,52,55). The van der Waals surface area contributed by atoms with Gasteiger partial charge in [0, 0.05) is 31.1 Å². The molecule has 3 amide bonds. The van der Waals surface area contributed by atoms with Gasteiger partial charge < -0.3 is 30.2 Å². The van der Waals surface area contributed by atoms with Crippen LogP contribution >= 0.6 is 0 Å². The van der Waals surface area contributed by atoms with E-state index >= 15 is 0 Å². The summed E-state index contributed by atoms with van der Waals surface area (Å²) in [5.74, 6) is 0.289. The van der Waals surface area contributed by atoms with Crippen molar-refractivity contribution >= 4 is 39.8 Å². The summed E-state index contributed by atoms with van der Waals surface area (Å²) >= 11 is 0. The second kappa shape index (κ2) is 25.6. The number of carbonyl (C=O) groups is 3. The van der Waals surface area contributed by atoms with E-state index in [1.54, 1.807) is 0 Å². The van der Waals surface area contributed by atoms with Crippen molar-refractivity contribution in [3.63, 3.8) is 0 Å². The Hall–Kier alpha value is -5.57. The number of benzene rings is 5. The summed E-state index contributed by atoms with van der Waals surface area (Å²) in [7, 11) is 0. The maximum Gasteiger partial charge on any atom is 0.407 e. The molecule has 5 aromatic rings. The van der Waals surface area contributed by atoms with Crippen LogP contribution in [0.15, 0.2) is 115 Å². The van der Waals surface area contributed by atoms with Crippen molar-refractivity contribution in [1.29, 1.82) is 0 Å². The van der Waals surface area contributed by atoms with Crippen LogP contribution in [0.4, 0.5) is 14.4 Å². The number of fused-ring (bicyclic) bond motifs is 2. The second-order valence-corrected chi connectivity index (χ2v) is 14.8. The number of rotatable bonds is 25. The van der Waals surface area contributed by atoms with E-state index in [0.717, 1.165) is 78.5 Å². The predicted molar refractivity (Wildman–Crippen MR) is 233 cm³/mol. The van der Waals surface area contributed by atoms with Crippen molar-refractivity contribution in [1.82, 2.24) is 16.0 Å². The molecule has 0 bridgehead atoms. The predicted octanol–water partition coefficient (Wildman–Crippen LogP) is 11.6. The molecular formula is C49H61N3O6. The van der Waals surface area contributed by atoms with Crippen molar-refractivity contribution < 1.29 is 28.6 Å². The third-order valence-electron chi connectivity index (χ3n) is 10.5. The Kier molecular flexibility index (Phi) is 19.2. The molecule has 0 aliphatic carbocycles. The highest BCUT2D eigenvalue weighted by Gasteiger charge is 2.14. The summed E-state index contributed by atoms with van der Waals surface area (Å²) in [5, 5.41) is 12.9. The van der Waals surface area contributed by atoms with Gasteiger partial charge in [-0.2, -0.15) is 0 Å². The summed E-state index contributed by atoms with van der Waals surface area (Å²) in [6.45, 7) is 2.60. The van der Waals surface area contributed by atoms with Crippen LogP contribution in [0.1, 0.15) is 106 Å². The highest BCUT2D eigenvalue weighted by Crippen LogP contribution is 2.30. The van der Waals surface area contributed by atoms with Gasteiger partial charge in [0.2, 0.25) is 0 Å². The molecule has 5 rings (SSSR count). The minimum Gasteiger partial charge on any atom is -0.450 e. The highest BCUT2D eigenvalue weighted by atomic mass is 16.6. The number of nitrogens with one attached hydrogen (secondary N) is 3. The van der Waals surface area contributed by atoms with Crippen LogP contribution in [0.3, 0.4) is 0 Å². The monoisotopic (exact) mass is 787 g/mol. The molecule has 3 N–H and O–H groups in total. The summed E-state index contributed by atoms with van der Waals surface area (Å²) in [4.78, 5) is 36.6. The van der Waals surface area contributed by atoms with Crippen LogP contribution in [0, 0.1) is 0 Å². The van der Waals surface area contributed by atoms with E-state index in [-0.39, 0.29) is 18.6 Å². The molecule has 0 fully saturated rings. The maximum absolute atomic E-state index is 12.4. The average molecular weight is 788 g/mol. The fraction of sp³-hybridized carbons (Fsp3) is 0.408. The number of carbonyl (C=O) groups excluding carboxylic acids is 3. The smallest absolute Gasteiger partial charge is 0.407 e. The van der Waals surface area contributed by atoms with E-state index < -0.39 is 12.2 Å². The maximum atomic E-state index is 12.4. The Morgan fingerprint density at radius 2 is 0.828 bits per heavy atom. The highest BCUT2D eigenvalue weighted by molar-refractivity contribution is 6.02. The molecule has 0 aliphatic rings. The van der Waals surface area contributed by atoms with E-state index in [1.807, 2.05) is 36.4 Å². The molecule has 9 nitrogen and oxygen atoms in total. The lowest BCUT2D eigenvalue weighted by molar-refractivity contribution is 0.136. The molecule has 0 spiro atoms. The van der Waals surface area contributed by atoms with Crippen molar-refractivity contribution in [3.05, 3.63) is 132 Å². The van der Waals surface area contributed by atoms with E-state index in [2.05, 4.69) is 94.8 Å². The van der Waals surface area contributed by atoms with Crippen LogP contribution in [-0.4, -0.2) is 51.1 Å². The number of ether oxygens (including phenoxy) is 3. The molecule has 0 aromatic heterocycles. The van der Waals surface area contributed by atoms with Crippen LogP contribution in [0.25, 0.3) is 21.5 Å². The van der Waals surface area contributed by atoms with Gasteiger partial charge in [-0.3, -0.25) is 0 Å². The third kappa shape index (κ3) is 15.4. The molecular weight excluding hydrogens is 727 g/mol. The van der Waals surface area contributed by atoms with E-state index in [9.17, 15) is 14.4 Å². The zero-order chi connectivity index (χ0) is 40.5. The van der Waals surface area contributed by atoms with Crippen molar-refractivity contribution in [2.24, 2.45) is 0 Å². The Labute approximate surface area is 344 Å². The molecule has 5 aromatic carbocycles. The quantitative estimate of drug-likeness (QED) is 0.0308. The zero-order valence-corrected chi connectivity index (χ0v) is 33.9. The zero-order valence-electron chi connectivity index (χ0n) is 33.9. The van der Waals surface area contributed by atoms with Crippen LogP contribution < -0.4 is 16.0 Å². The van der Waals surface area contributed by atoms with Crippen LogP contribution in [0.2, 0.25) is 0 Å². The van der Waals surface area contributed by atoms with E-state index in [4.69, 9.17) is 14.2 Å². The summed E-state index contributed by atoms with van der Waals surface area (Å²) in [6.07, 6.45) is 11.8. The van der Waals surface area contributed by atoms with Crippen LogP contribution in [0.5, 0.6) is 0 Å². The second-order valence-electron chi connectivity index (χ2n) is 14.8. The van der Waals surface area contributed by atoms with Crippen molar-refractivity contribution in [3.8, 4) is 0 Å². The first kappa shape index (κ1) is 43.6.